The normalized spacial score (nSPS) is 18.9. The van der Waals surface area contributed by atoms with Gasteiger partial charge in [0.1, 0.15) is 0 Å². The first-order valence-corrected chi connectivity index (χ1v) is 8.75. The van der Waals surface area contributed by atoms with Crippen LogP contribution in [0.3, 0.4) is 0 Å². The fourth-order valence-corrected chi connectivity index (χ4v) is 3.90. The molecule has 1 heterocycles. The lowest BCUT2D eigenvalue weighted by Crippen LogP contribution is -2.26. The van der Waals surface area contributed by atoms with Crippen molar-refractivity contribution in [1.29, 1.82) is 0 Å². The number of nitrogens with zero attached hydrogens (tertiary/aromatic N) is 1. The molecular weight excluding hydrogens is 316 g/mol. The third-order valence-corrected chi connectivity index (χ3v) is 5.13. The number of nitrogens with one attached hydrogen (secondary N) is 1. The predicted octanol–water partition coefficient (Wildman–Crippen LogP) is 4.30. The van der Waals surface area contributed by atoms with Gasteiger partial charge in [0.2, 0.25) is 5.91 Å². The molecule has 3 aromatic carbocycles. The van der Waals surface area contributed by atoms with Crippen LogP contribution in [0.1, 0.15) is 5.56 Å². The number of carbonyl (C=O) groups excluding carboxylic acids is 1. The molecule has 4 heteroatoms. The molecule has 4 rings (SSSR count). The molecule has 1 unspecified atom stereocenters. The van der Waals surface area contributed by atoms with Crippen molar-refractivity contribution in [2.24, 2.45) is 4.99 Å². The highest BCUT2D eigenvalue weighted by Gasteiger charge is 2.30. The van der Waals surface area contributed by atoms with Crippen molar-refractivity contribution in [3.63, 3.8) is 0 Å². The molecule has 118 valence electrons. The minimum absolute atomic E-state index is 0.0302. The maximum absolute atomic E-state index is 12.3. The molecule has 0 aliphatic carbocycles. The summed E-state index contributed by atoms with van der Waals surface area (Å²) in [6.07, 6.45) is 0.700. The Labute approximate surface area is 144 Å². The topological polar surface area (TPSA) is 41.5 Å². The van der Waals surface area contributed by atoms with Gasteiger partial charge < -0.3 is 5.32 Å². The van der Waals surface area contributed by atoms with Gasteiger partial charge in [0.15, 0.2) is 5.17 Å². The highest BCUT2D eigenvalue weighted by molar-refractivity contribution is 8.15. The molecule has 0 saturated carbocycles. The van der Waals surface area contributed by atoms with Gasteiger partial charge in [0, 0.05) is 0 Å². The van der Waals surface area contributed by atoms with E-state index in [9.17, 15) is 4.79 Å². The zero-order valence-electron chi connectivity index (χ0n) is 13.0. The van der Waals surface area contributed by atoms with Crippen LogP contribution in [0.25, 0.3) is 10.8 Å². The number of carbonyl (C=O) groups is 1. The Morgan fingerprint density at radius 3 is 2.54 bits per heavy atom. The maximum Gasteiger partial charge on any atom is 0.239 e. The summed E-state index contributed by atoms with van der Waals surface area (Å²) in [4.78, 5) is 16.8. The quantitative estimate of drug-likeness (QED) is 0.777. The molecule has 1 saturated heterocycles. The zero-order valence-corrected chi connectivity index (χ0v) is 13.8. The van der Waals surface area contributed by atoms with Crippen molar-refractivity contribution >= 4 is 39.3 Å². The van der Waals surface area contributed by atoms with Gasteiger partial charge in [0.05, 0.1) is 10.9 Å². The summed E-state index contributed by atoms with van der Waals surface area (Å²) in [7, 11) is 0. The first-order chi connectivity index (χ1) is 11.8. The van der Waals surface area contributed by atoms with E-state index in [1.807, 2.05) is 48.5 Å². The van der Waals surface area contributed by atoms with Crippen LogP contribution in [-0.4, -0.2) is 16.3 Å². The first-order valence-electron chi connectivity index (χ1n) is 7.87. The molecule has 24 heavy (non-hydrogen) atoms. The summed E-state index contributed by atoms with van der Waals surface area (Å²) in [6.45, 7) is 0. The van der Waals surface area contributed by atoms with Gasteiger partial charge in [-0.1, -0.05) is 72.4 Å². The van der Waals surface area contributed by atoms with E-state index in [2.05, 4.69) is 34.6 Å². The van der Waals surface area contributed by atoms with Crippen molar-refractivity contribution in [3.8, 4) is 0 Å². The van der Waals surface area contributed by atoms with Crippen molar-refractivity contribution in [1.82, 2.24) is 5.32 Å². The summed E-state index contributed by atoms with van der Waals surface area (Å²) in [5, 5.41) is 5.85. The van der Waals surface area contributed by atoms with Gasteiger partial charge in [-0.3, -0.25) is 4.79 Å². The van der Waals surface area contributed by atoms with E-state index in [1.165, 1.54) is 28.1 Å². The van der Waals surface area contributed by atoms with Crippen molar-refractivity contribution in [3.05, 3.63) is 78.4 Å². The Morgan fingerprint density at radius 1 is 0.917 bits per heavy atom. The molecule has 3 aromatic rings. The average molecular weight is 332 g/mol. The second-order valence-electron chi connectivity index (χ2n) is 5.69. The Bertz CT molecular complexity index is 916. The zero-order chi connectivity index (χ0) is 16.4. The standard InChI is InChI=1S/C20H16N2OS/c23-19-18(24-20(22-19)21-16-10-2-1-3-11-16)13-15-9-6-8-14-7-4-5-12-17(14)15/h1-12,18H,13H2,(H,21,22,23). The Morgan fingerprint density at radius 2 is 1.67 bits per heavy atom. The number of para-hydroxylation sites is 1. The summed E-state index contributed by atoms with van der Waals surface area (Å²) in [5.74, 6) is 0.0302. The second-order valence-corrected chi connectivity index (χ2v) is 6.88. The third kappa shape index (κ3) is 3.05. The van der Waals surface area contributed by atoms with Crippen LogP contribution in [0.4, 0.5) is 5.69 Å². The number of hydrogen-bond acceptors (Lipinski definition) is 3. The highest BCUT2D eigenvalue weighted by atomic mass is 32.2. The van der Waals surface area contributed by atoms with Gasteiger partial charge in [0.25, 0.3) is 0 Å². The van der Waals surface area contributed by atoms with Crippen LogP contribution < -0.4 is 5.32 Å². The third-order valence-electron chi connectivity index (χ3n) is 4.05. The number of amides is 1. The van der Waals surface area contributed by atoms with E-state index in [1.54, 1.807) is 0 Å². The molecule has 1 aliphatic heterocycles. The predicted molar refractivity (Wildman–Crippen MR) is 101 cm³/mol. The number of fused-ring (bicyclic) bond motifs is 1. The lowest BCUT2D eigenvalue weighted by molar-refractivity contribution is -0.118. The molecule has 1 amide bonds. The molecule has 1 fully saturated rings. The summed E-state index contributed by atoms with van der Waals surface area (Å²) in [6, 6.07) is 24.2. The van der Waals surface area contributed by atoms with Gasteiger partial charge in [-0.05, 0) is 34.9 Å². The molecule has 1 atom stereocenters. The van der Waals surface area contributed by atoms with E-state index < -0.39 is 0 Å². The molecule has 0 bridgehead atoms. The van der Waals surface area contributed by atoms with Crippen molar-refractivity contribution < 1.29 is 4.79 Å². The number of amidine groups is 1. The van der Waals surface area contributed by atoms with Gasteiger partial charge in [-0.2, -0.15) is 0 Å². The van der Waals surface area contributed by atoms with Crippen LogP contribution in [0.2, 0.25) is 0 Å². The van der Waals surface area contributed by atoms with Gasteiger partial charge >= 0.3 is 0 Å². The molecule has 0 spiro atoms. The van der Waals surface area contributed by atoms with E-state index in [4.69, 9.17) is 0 Å². The van der Waals surface area contributed by atoms with E-state index in [0.29, 0.717) is 11.6 Å². The lowest BCUT2D eigenvalue weighted by atomic mass is 10.0. The molecule has 1 aliphatic rings. The number of aliphatic imine (C=N–C) groups is 1. The largest absolute Gasteiger partial charge is 0.304 e. The molecule has 1 N–H and O–H groups in total. The lowest BCUT2D eigenvalue weighted by Gasteiger charge is -2.09. The maximum atomic E-state index is 12.3. The fraction of sp³-hybridized carbons (Fsp3) is 0.100. The number of rotatable bonds is 3. The highest BCUT2D eigenvalue weighted by Crippen LogP contribution is 2.28. The first kappa shape index (κ1) is 15.0. The minimum atomic E-state index is -0.140. The smallest absolute Gasteiger partial charge is 0.239 e. The average Bonchev–Trinajstić information content (AvgIpc) is 2.95. The van der Waals surface area contributed by atoms with Crippen molar-refractivity contribution in [2.75, 3.05) is 0 Å². The Balaban J connectivity index is 1.57. The van der Waals surface area contributed by atoms with E-state index >= 15 is 0 Å². The second kappa shape index (κ2) is 6.49. The number of thioether (sulfide) groups is 1. The Kier molecular flexibility index (Phi) is 4.05. The fourth-order valence-electron chi connectivity index (χ4n) is 2.88. The van der Waals surface area contributed by atoms with Gasteiger partial charge in [-0.15, -0.1) is 0 Å². The Hall–Kier alpha value is -2.59. The summed E-state index contributed by atoms with van der Waals surface area (Å²) >= 11 is 1.51. The van der Waals surface area contributed by atoms with E-state index in [0.717, 1.165) is 5.69 Å². The number of hydrogen-bond donors (Lipinski definition) is 1. The number of benzene rings is 3. The van der Waals surface area contributed by atoms with Gasteiger partial charge in [-0.25, -0.2) is 4.99 Å². The summed E-state index contributed by atoms with van der Waals surface area (Å²) in [5.41, 5.74) is 2.05. The van der Waals surface area contributed by atoms with Crippen LogP contribution >= 0.6 is 11.8 Å². The molecule has 0 aromatic heterocycles. The minimum Gasteiger partial charge on any atom is -0.304 e. The molecule has 0 radical (unpaired) electrons. The summed E-state index contributed by atoms with van der Waals surface area (Å²) < 4.78 is 0. The molecular formula is C20H16N2OS. The van der Waals surface area contributed by atoms with Crippen LogP contribution in [0.15, 0.2) is 77.8 Å². The monoisotopic (exact) mass is 332 g/mol. The van der Waals surface area contributed by atoms with Crippen molar-refractivity contribution in [2.45, 2.75) is 11.7 Å². The van der Waals surface area contributed by atoms with Crippen LogP contribution in [0, 0.1) is 0 Å². The SMILES string of the molecule is O=C1NC(=Nc2ccccc2)SC1Cc1cccc2ccccc12. The van der Waals surface area contributed by atoms with Crippen LogP contribution in [0.5, 0.6) is 0 Å². The molecule has 3 nitrogen and oxygen atoms in total. The van der Waals surface area contributed by atoms with Crippen LogP contribution in [-0.2, 0) is 11.2 Å². The van der Waals surface area contributed by atoms with E-state index in [-0.39, 0.29) is 11.2 Å².